The molecule has 1 aliphatic rings. The van der Waals surface area contributed by atoms with Gasteiger partial charge in [0.05, 0.1) is 15.5 Å². The summed E-state index contributed by atoms with van der Waals surface area (Å²) >= 11 is 5.84. The number of halogens is 1. The lowest BCUT2D eigenvalue weighted by atomic mass is 10.2. The second-order valence-corrected chi connectivity index (χ2v) is 7.11. The summed E-state index contributed by atoms with van der Waals surface area (Å²) in [6.45, 7) is 1.00. The van der Waals surface area contributed by atoms with E-state index >= 15 is 0 Å². The van der Waals surface area contributed by atoms with Crippen molar-refractivity contribution < 1.29 is 18.3 Å². The molecule has 1 heterocycles. The van der Waals surface area contributed by atoms with Gasteiger partial charge in [-0.2, -0.15) is 4.31 Å². The average Bonchev–Trinajstić information content (AvgIpc) is 2.67. The van der Waals surface area contributed by atoms with Gasteiger partial charge in [0.25, 0.3) is 0 Å². The summed E-state index contributed by atoms with van der Waals surface area (Å²) in [4.78, 5) is 10.9. The first-order chi connectivity index (χ1) is 9.43. The van der Waals surface area contributed by atoms with E-state index < -0.39 is 16.0 Å². The summed E-state index contributed by atoms with van der Waals surface area (Å²) in [5.41, 5.74) is -0.0958. The molecule has 0 aliphatic carbocycles. The van der Waals surface area contributed by atoms with Gasteiger partial charge < -0.3 is 5.11 Å². The van der Waals surface area contributed by atoms with Gasteiger partial charge in [-0.25, -0.2) is 13.2 Å². The van der Waals surface area contributed by atoms with Crippen molar-refractivity contribution in [1.82, 2.24) is 4.31 Å². The highest BCUT2D eigenvalue weighted by Gasteiger charge is 2.26. The Morgan fingerprint density at radius 1 is 1.15 bits per heavy atom. The molecule has 0 atom stereocenters. The first-order valence-electron chi connectivity index (χ1n) is 6.46. The van der Waals surface area contributed by atoms with Crippen molar-refractivity contribution in [2.75, 3.05) is 13.1 Å². The molecule has 0 spiro atoms. The minimum atomic E-state index is -3.59. The fourth-order valence-corrected chi connectivity index (χ4v) is 4.13. The Balaban J connectivity index is 2.34. The largest absolute Gasteiger partial charge is 0.478 e. The Hall–Kier alpha value is -1.11. The predicted molar refractivity (Wildman–Crippen MR) is 75.6 cm³/mol. The van der Waals surface area contributed by atoms with Crippen molar-refractivity contribution in [3.8, 4) is 0 Å². The van der Waals surface area contributed by atoms with Crippen LogP contribution in [0.4, 0.5) is 0 Å². The van der Waals surface area contributed by atoms with Gasteiger partial charge in [0.1, 0.15) is 0 Å². The third-order valence-electron chi connectivity index (χ3n) is 3.37. The van der Waals surface area contributed by atoms with Crippen molar-refractivity contribution in [3.63, 3.8) is 0 Å². The maximum Gasteiger partial charge on any atom is 0.337 e. The Morgan fingerprint density at radius 3 is 2.25 bits per heavy atom. The first kappa shape index (κ1) is 15.3. The number of carbonyl (C=O) groups is 1. The zero-order chi connectivity index (χ0) is 14.8. The zero-order valence-corrected chi connectivity index (χ0v) is 12.5. The highest BCUT2D eigenvalue weighted by molar-refractivity contribution is 7.89. The van der Waals surface area contributed by atoms with Crippen molar-refractivity contribution in [2.24, 2.45) is 0 Å². The van der Waals surface area contributed by atoms with Crippen LogP contribution in [0.25, 0.3) is 0 Å². The minimum Gasteiger partial charge on any atom is -0.478 e. The van der Waals surface area contributed by atoms with Crippen molar-refractivity contribution in [2.45, 2.75) is 30.6 Å². The molecule has 1 fully saturated rings. The van der Waals surface area contributed by atoms with Crippen molar-refractivity contribution in [1.29, 1.82) is 0 Å². The van der Waals surface area contributed by atoms with Gasteiger partial charge >= 0.3 is 5.97 Å². The lowest BCUT2D eigenvalue weighted by molar-refractivity contribution is 0.0697. The molecule has 1 saturated heterocycles. The number of hydrogen-bond donors (Lipinski definition) is 1. The van der Waals surface area contributed by atoms with E-state index in [0.29, 0.717) is 13.1 Å². The second-order valence-electron chi connectivity index (χ2n) is 4.77. The van der Waals surface area contributed by atoms with Gasteiger partial charge in [0.2, 0.25) is 10.0 Å². The molecular weight excluding hydrogens is 302 g/mol. The predicted octanol–water partition coefficient (Wildman–Crippen LogP) is 2.60. The normalized spacial score (nSPS) is 17.6. The summed E-state index contributed by atoms with van der Waals surface area (Å²) in [7, 11) is -3.59. The molecule has 2 rings (SSSR count). The van der Waals surface area contributed by atoms with Crippen LogP contribution in [0.5, 0.6) is 0 Å². The number of benzene rings is 1. The number of carboxylic acid groups (broad SMARTS) is 1. The third-order valence-corrected chi connectivity index (χ3v) is 5.58. The van der Waals surface area contributed by atoms with Crippen molar-refractivity contribution in [3.05, 3.63) is 28.8 Å². The SMILES string of the molecule is O=C(O)c1ccc(S(=O)(=O)N2CCCCCC2)cc1Cl. The van der Waals surface area contributed by atoms with E-state index in [4.69, 9.17) is 16.7 Å². The summed E-state index contributed by atoms with van der Waals surface area (Å²) in [6.07, 6.45) is 3.76. The smallest absolute Gasteiger partial charge is 0.337 e. The fourth-order valence-electron chi connectivity index (χ4n) is 2.26. The van der Waals surface area contributed by atoms with Gasteiger partial charge in [0.15, 0.2) is 0 Å². The topological polar surface area (TPSA) is 74.7 Å². The van der Waals surface area contributed by atoms with Crippen LogP contribution >= 0.6 is 11.6 Å². The molecule has 20 heavy (non-hydrogen) atoms. The molecule has 0 amide bonds. The van der Waals surface area contributed by atoms with Gasteiger partial charge in [-0.05, 0) is 31.0 Å². The molecule has 110 valence electrons. The minimum absolute atomic E-state index is 0.0504. The molecule has 0 radical (unpaired) electrons. The maximum absolute atomic E-state index is 12.5. The van der Waals surface area contributed by atoms with Gasteiger partial charge in [-0.1, -0.05) is 24.4 Å². The maximum atomic E-state index is 12.5. The standard InChI is InChI=1S/C13H16ClNO4S/c14-12-9-10(5-6-11(12)13(16)17)20(18,19)15-7-3-1-2-4-8-15/h5-6,9H,1-4,7-8H2,(H,16,17). The molecule has 0 unspecified atom stereocenters. The second kappa shape index (κ2) is 6.11. The highest BCUT2D eigenvalue weighted by Crippen LogP contribution is 2.25. The number of sulfonamides is 1. The van der Waals surface area contributed by atoms with Crippen LogP contribution in [-0.4, -0.2) is 36.9 Å². The van der Waals surface area contributed by atoms with Crippen LogP contribution in [0.3, 0.4) is 0 Å². The Bertz CT molecular complexity index is 607. The number of nitrogens with zero attached hydrogens (tertiary/aromatic N) is 1. The molecule has 5 nitrogen and oxygen atoms in total. The monoisotopic (exact) mass is 317 g/mol. The first-order valence-corrected chi connectivity index (χ1v) is 8.28. The van der Waals surface area contributed by atoms with Crippen LogP contribution in [0.1, 0.15) is 36.0 Å². The Labute approximate surface area is 123 Å². The van der Waals surface area contributed by atoms with Gasteiger partial charge in [-0.15, -0.1) is 0 Å². The van der Waals surface area contributed by atoms with Crippen LogP contribution in [0.2, 0.25) is 5.02 Å². The highest BCUT2D eigenvalue weighted by atomic mass is 35.5. The van der Waals surface area contributed by atoms with E-state index in [1.807, 2.05) is 0 Å². The number of carboxylic acids is 1. The third kappa shape index (κ3) is 3.13. The average molecular weight is 318 g/mol. The zero-order valence-electron chi connectivity index (χ0n) is 10.9. The van der Waals surface area contributed by atoms with Gasteiger partial charge in [0, 0.05) is 13.1 Å². The molecule has 0 saturated carbocycles. The number of aromatic carboxylic acids is 1. The molecule has 1 aliphatic heterocycles. The summed E-state index contributed by atoms with van der Waals surface area (Å²) in [5, 5.41) is 8.84. The molecule has 7 heteroatoms. The quantitative estimate of drug-likeness (QED) is 0.929. The van der Waals surface area contributed by atoms with Gasteiger partial charge in [-0.3, -0.25) is 0 Å². The summed E-state index contributed by atoms with van der Waals surface area (Å²) < 4.78 is 26.4. The van der Waals surface area contributed by atoms with E-state index in [9.17, 15) is 13.2 Å². The summed E-state index contributed by atoms with van der Waals surface area (Å²) in [6, 6.07) is 3.75. The lowest BCUT2D eigenvalue weighted by Gasteiger charge is -2.20. The number of rotatable bonds is 3. The van der Waals surface area contributed by atoms with E-state index in [2.05, 4.69) is 0 Å². The van der Waals surface area contributed by atoms with Crippen LogP contribution in [0.15, 0.2) is 23.1 Å². The van der Waals surface area contributed by atoms with Crippen LogP contribution in [0, 0.1) is 0 Å². The molecule has 1 aromatic rings. The number of hydrogen-bond acceptors (Lipinski definition) is 3. The van der Waals surface area contributed by atoms with Crippen LogP contribution in [-0.2, 0) is 10.0 Å². The van der Waals surface area contributed by atoms with E-state index in [0.717, 1.165) is 25.7 Å². The Kier molecular flexibility index (Phi) is 4.67. The molecule has 1 aromatic carbocycles. The van der Waals surface area contributed by atoms with E-state index in [-0.39, 0.29) is 15.5 Å². The Morgan fingerprint density at radius 2 is 1.75 bits per heavy atom. The van der Waals surface area contributed by atoms with E-state index in [1.165, 1.54) is 22.5 Å². The molecule has 1 N–H and O–H groups in total. The summed E-state index contributed by atoms with van der Waals surface area (Å²) in [5.74, 6) is -1.17. The van der Waals surface area contributed by atoms with Crippen LogP contribution < -0.4 is 0 Å². The van der Waals surface area contributed by atoms with Crippen molar-refractivity contribution >= 4 is 27.6 Å². The fraction of sp³-hybridized carbons (Fsp3) is 0.462. The molecular formula is C13H16ClNO4S. The molecule has 0 bridgehead atoms. The van der Waals surface area contributed by atoms with E-state index in [1.54, 1.807) is 0 Å². The lowest BCUT2D eigenvalue weighted by Crippen LogP contribution is -2.32. The molecule has 0 aromatic heterocycles.